The molecule has 0 N–H and O–H groups in total. The van der Waals surface area contributed by atoms with Gasteiger partial charge in [0.2, 0.25) is 5.91 Å². The lowest BCUT2D eigenvalue weighted by molar-refractivity contribution is -0.131. The molecule has 7 heteroatoms. The van der Waals surface area contributed by atoms with Gasteiger partial charge in [-0.1, -0.05) is 12.1 Å². The van der Waals surface area contributed by atoms with E-state index in [4.69, 9.17) is 9.84 Å². The van der Waals surface area contributed by atoms with E-state index in [0.717, 1.165) is 54.0 Å². The number of rotatable bonds is 4. The van der Waals surface area contributed by atoms with E-state index in [2.05, 4.69) is 11.1 Å². The van der Waals surface area contributed by atoms with Crippen LogP contribution in [0.2, 0.25) is 0 Å². The van der Waals surface area contributed by atoms with Crippen molar-refractivity contribution < 1.29 is 9.53 Å². The summed E-state index contributed by atoms with van der Waals surface area (Å²) in [5.41, 5.74) is 2.96. The SMILES string of the molecule is COc1ccc(CC(=O)N2CCCC(c3nn(C)c4ncccc34)C2)cc1.Cl. The number of ether oxygens (including phenoxy) is 1. The number of nitrogens with zero attached hydrogens (tertiary/aromatic N) is 4. The first-order chi connectivity index (χ1) is 13.2. The van der Waals surface area contributed by atoms with Crippen LogP contribution in [0.5, 0.6) is 5.75 Å². The van der Waals surface area contributed by atoms with Gasteiger partial charge in [0.25, 0.3) is 0 Å². The van der Waals surface area contributed by atoms with Crippen molar-refractivity contribution in [3.8, 4) is 5.75 Å². The molecule has 28 heavy (non-hydrogen) atoms. The molecule has 148 valence electrons. The molecule has 0 radical (unpaired) electrons. The number of pyridine rings is 1. The number of hydrogen-bond acceptors (Lipinski definition) is 4. The maximum atomic E-state index is 12.8. The van der Waals surface area contributed by atoms with Gasteiger partial charge in [0.15, 0.2) is 5.65 Å². The number of amides is 1. The Morgan fingerprint density at radius 3 is 2.79 bits per heavy atom. The van der Waals surface area contributed by atoms with Crippen molar-refractivity contribution in [1.29, 1.82) is 0 Å². The number of benzene rings is 1. The van der Waals surface area contributed by atoms with Crippen LogP contribution in [-0.4, -0.2) is 45.8 Å². The quantitative estimate of drug-likeness (QED) is 0.673. The van der Waals surface area contributed by atoms with Crippen LogP contribution in [0, 0.1) is 0 Å². The second-order valence-electron chi connectivity index (χ2n) is 7.09. The minimum atomic E-state index is 0. The zero-order valence-corrected chi connectivity index (χ0v) is 17.0. The van der Waals surface area contributed by atoms with E-state index >= 15 is 0 Å². The van der Waals surface area contributed by atoms with Gasteiger partial charge in [0.1, 0.15) is 5.75 Å². The maximum Gasteiger partial charge on any atom is 0.227 e. The highest BCUT2D eigenvalue weighted by molar-refractivity contribution is 5.85. The average Bonchev–Trinajstić information content (AvgIpc) is 3.06. The number of methoxy groups -OCH3 is 1. The van der Waals surface area contributed by atoms with Crippen molar-refractivity contribution >= 4 is 29.3 Å². The van der Waals surface area contributed by atoms with E-state index in [1.165, 1.54) is 0 Å². The Kier molecular flexibility index (Phi) is 6.19. The molecule has 0 bridgehead atoms. The lowest BCUT2D eigenvalue weighted by atomic mass is 9.93. The highest BCUT2D eigenvalue weighted by atomic mass is 35.5. The number of aromatic nitrogens is 3. The van der Waals surface area contributed by atoms with Crippen LogP contribution >= 0.6 is 12.4 Å². The number of fused-ring (bicyclic) bond motifs is 1. The average molecular weight is 401 g/mol. The number of aryl methyl sites for hydroxylation is 1. The molecule has 2 aromatic heterocycles. The number of hydrogen-bond donors (Lipinski definition) is 0. The summed E-state index contributed by atoms with van der Waals surface area (Å²) in [6, 6.07) is 11.7. The minimum Gasteiger partial charge on any atom is -0.497 e. The van der Waals surface area contributed by atoms with Crippen LogP contribution in [0.3, 0.4) is 0 Å². The smallest absolute Gasteiger partial charge is 0.227 e. The van der Waals surface area contributed by atoms with Crippen LogP contribution in [-0.2, 0) is 18.3 Å². The summed E-state index contributed by atoms with van der Waals surface area (Å²) in [5.74, 6) is 1.23. The molecule has 0 saturated carbocycles. The molecule has 1 aromatic carbocycles. The Bertz CT molecular complexity index is 955. The number of carbonyl (C=O) groups is 1. The standard InChI is InChI=1S/C21H24N4O2.ClH/c1-24-21-18(6-3-11-22-21)20(23-24)16-5-4-12-25(14-16)19(26)13-15-7-9-17(27-2)10-8-15;/h3,6-11,16H,4-5,12-14H2,1-2H3;1H. The molecule has 1 unspecified atom stereocenters. The second-order valence-corrected chi connectivity index (χ2v) is 7.09. The Morgan fingerprint density at radius 2 is 2.04 bits per heavy atom. The van der Waals surface area contributed by atoms with E-state index in [1.54, 1.807) is 13.3 Å². The molecule has 1 atom stereocenters. The molecule has 1 saturated heterocycles. The van der Waals surface area contributed by atoms with Gasteiger partial charge >= 0.3 is 0 Å². The van der Waals surface area contributed by atoms with Crippen molar-refractivity contribution in [2.24, 2.45) is 7.05 Å². The zero-order valence-electron chi connectivity index (χ0n) is 16.2. The molecule has 0 aliphatic carbocycles. The van der Waals surface area contributed by atoms with Crippen LogP contribution in [0.25, 0.3) is 11.0 Å². The molecule has 6 nitrogen and oxygen atoms in total. The summed E-state index contributed by atoms with van der Waals surface area (Å²) in [6.07, 6.45) is 4.26. The predicted octanol–water partition coefficient (Wildman–Crippen LogP) is 3.35. The van der Waals surface area contributed by atoms with E-state index < -0.39 is 0 Å². The molecule has 1 aliphatic rings. The number of likely N-dealkylation sites (tertiary alicyclic amines) is 1. The van der Waals surface area contributed by atoms with E-state index in [1.807, 2.05) is 47.0 Å². The van der Waals surface area contributed by atoms with Gasteiger partial charge in [-0.15, -0.1) is 12.4 Å². The number of halogens is 1. The number of piperidine rings is 1. The van der Waals surface area contributed by atoms with Crippen molar-refractivity contribution in [1.82, 2.24) is 19.7 Å². The Balaban J connectivity index is 0.00000225. The van der Waals surface area contributed by atoms with Gasteiger partial charge in [0, 0.05) is 37.6 Å². The summed E-state index contributed by atoms with van der Waals surface area (Å²) in [5, 5.41) is 5.80. The third-order valence-electron chi connectivity index (χ3n) is 5.30. The Morgan fingerprint density at radius 1 is 1.25 bits per heavy atom. The van der Waals surface area contributed by atoms with Gasteiger partial charge < -0.3 is 9.64 Å². The van der Waals surface area contributed by atoms with Crippen molar-refractivity contribution in [2.75, 3.05) is 20.2 Å². The van der Waals surface area contributed by atoms with E-state index in [9.17, 15) is 4.79 Å². The Hall–Kier alpha value is -2.60. The lowest BCUT2D eigenvalue weighted by Crippen LogP contribution is -2.40. The topological polar surface area (TPSA) is 60.2 Å². The van der Waals surface area contributed by atoms with Crippen LogP contribution in [0.4, 0.5) is 0 Å². The second kappa shape index (κ2) is 8.61. The first kappa shape index (κ1) is 20.1. The minimum absolute atomic E-state index is 0. The van der Waals surface area contributed by atoms with E-state index in [-0.39, 0.29) is 24.2 Å². The van der Waals surface area contributed by atoms with Crippen molar-refractivity contribution in [3.05, 3.63) is 53.9 Å². The summed E-state index contributed by atoms with van der Waals surface area (Å²) in [6.45, 7) is 1.53. The molecular formula is C21H25ClN4O2. The normalized spacial score (nSPS) is 16.6. The largest absolute Gasteiger partial charge is 0.497 e. The van der Waals surface area contributed by atoms with Crippen molar-refractivity contribution in [2.45, 2.75) is 25.2 Å². The summed E-state index contributed by atoms with van der Waals surface area (Å²) in [7, 11) is 3.57. The van der Waals surface area contributed by atoms with Crippen LogP contribution < -0.4 is 4.74 Å². The maximum absolute atomic E-state index is 12.8. The molecule has 1 amide bonds. The predicted molar refractivity (Wildman–Crippen MR) is 111 cm³/mol. The highest BCUT2D eigenvalue weighted by Gasteiger charge is 2.28. The van der Waals surface area contributed by atoms with Crippen LogP contribution in [0.15, 0.2) is 42.6 Å². The zero-order chi connectivity index (χ0) is 18.8. The van der Waals surface area contributed by atoms with Gasteiger partial charge in [-0.05, 0) is 42.7 Å². The summed E-state index contributed by atoms with van der Waals surface area (Å²) in [4.78, 5) is 19.2. The fourth-order valence-corrected chi connectivity index (χ4v) is 3.88. The summed E-state index contributed by atoms with van der Waals surface area (Å²) < 4.78 is 7.02. The van der Waals surface area contributed by atoms with E-state index in [0.29, 0.717) is 6.42 Å². The fourth-order valence-electron chi connectivity index (χ4n) is 3.88. The summed E-state index contributed by atoms with van der Waals surface area (Å²) >= 11 is 0. The fraction of sp³-hybridized carbons (Fsp3) is 0.381. The lowest BCUT2D eigenvalue weighted by Gasteiger charge is -2.32. The van der Waals surface area contributed by atoms with Crippen molar-refractivity contribution in [3.63, 3.8) is 0 Å². The molecule has 1 aliphatic heterocycles. The third kappa shape index (κ3) is 3.97. The first-order valence-corrected chi connectivity index (χ1v) is 9.34. The molecular weight excluding hydrogens is 376 g/mol. The number of carbonyl (C=O) groups excluding carboxylic acids is 1. The Labute approximate surface area is 170 Å². The molecule has 1 fully saturated rings. The molecule has 3 aromatic rings. The highest BCUT2D eigenvalue weighted by Crippen LogP contribution is 2.31. The van der Waals surface area contributed by atoms with Gasteiger partial charge in [-0.25, -0.2) is 4.98 Å². The van der Waals surface area contributed by atoms with Crippen LogP contribution in [0.1, 0.15) is 30.0 Å². The van der Waals surface area contributed by atoms with Gasteiger partial charge in [-0.3, -0.25) is 9.48 Å². The van der Waals surface area contributed by atoms with Gasteiger partial charge in [0.05, 0.1) is 19.2 Å². The molecule has 3 heterocycles. The monoisotopic (exact) mass is 400 g/mol. The third-order valence-corrected chi connectivity index (χ3v) is 5.30. The molecule has 0 spiro atoms. The molecule has 4 rings (SSSR count). The first-order valence-electron chi connectivity index (χ1n) is 9.34. The van der Waals surface area contributed by atoms with Gasteiger partial charge in [-0.2, -0.15) is 5.10 Å².